The molecule has 0 atom stereocenters. The SMILES string of the molecule is CC1(C)CCC(N(C(C)(C)C)C(C)(C)C)CC1. The van der Waals surface area contributed by atoms with E-state index in [9.17, 15) is 0 Å². The maximum atomic E-state index is 2.75. The van der Waals surface area contributed by atoms with Gasteiger partial charge in [0.05, 0.1) is 0 Å². The van der Waals surface area contributed by atoms with E-state index in [1.807, 2.05) is 0 Å². The molecule has 0 heterocycles. The highest BCUT2D eigenvalue weighted by atomic mass is 15.3. The van der Waals surface area contributed by atoms with Crippen LogP contribution in [-0.4, -0.2) is 22.0 Å². The molecule has 0 aromatic heterocycles. The second-order valence-electron chi connectivity index (χ2n) is 8.61. The molecule has 1 nitrogen and oxygen atoms in total. The van der Waals surface area contributed by atoms with Crippen molar-refractivity contribution in [1.29, 1.82) is 0 Å². The fourth-order valence-electron chi connectivity index (χ4n) is 3.74. The van der Waals surface area contributed by atoms with Gasteiger partial charge in [-0.15, -0.1) is 0 Å². The van der Waals surface area contributed by atoms with Crippen LogP contribution < -0.4 is 0 Å². The van der Waals surface area contributed by atoms with E-state index in [4.69, 9.17) is 0 Å². The summed E-state index contributed by atoms with van der Waals surface area (Å²) in [5, 5.41) is 0. The summed E-state index contributed by atoms with van der Waals surface area (Å²) < 4.78 is 0. The molecule has 17 heavy (non-hydrogen) atoms. The second-order valence-corrected chi connectivity index (χ2v) is 8.61. The van der Waals surface area contributed by atoms with Crippen molar-refractivity contribution < 1.29 is 0 Å². The lowest BCUT2D eigenvalue weighted by Gasteiger charge is -2.52. The maximum absolute atomic E-state index is 2.75. The molecule has 1 saturated carbocycles. The van der Waals surface area contributed by atoms with E-state index in [2.05, 4.69) is 60.3 Å². The second kappa shape index (κ2) is 4.57. The topological polar surface area (TPSA) is 3.24 Å². The predicted octanol–water partition coefficient (Wildman–Crippen LogP) is 4.85. The summed E-state index contributed by atoms with van der Waals surface area (Å²) >= 11 is 0. The van der Waals surface area contributed by atoms with Gasteiger partial charge in [0.25, 0.3) is 0 Å². The van der Waals surface area contributed by atoms with Crippen LogP contribution in [0.5, 0.6) is 0 Å². The van der Waals surface area contributed by atoms with Gasteiger partial charge >= 0.3 is 0 Å². The summed E-state index contributed by atoms with van der Waals surface area (Å²) in [6.45, 7) is 19.0. The van der Waals surface area contributed by atoms with Crippen molar-refractivity contribution >= 4 is 0 Å². The molecule has 0 amide bonds. The Labute approximate surface area is 109 Å². The van der Waals surface area contributed by atoms with Crippen molar-refractivity contribution in [1.82, 2.24) is 4.90 Å². The highest BCUT2D eigenvalue weighted by Crippen LogP contribution is 2.40. The number of hydrogen-bond acceptors (Lipinski definition) is 1. The summed E-state index contributed by atoms with van der Waals surface area (Å²) in [4.78, 5) is 2.75. The van der Waals surface area contributed by atoms with E-state index in [1.54, 1.807) is 0 Å². The number of hydrogen-bond donors (Lipinski definition) is 0. The summed E-state index contributed by atoms with van der Waals surface area (Å²) in [5.41, 5.74) is 1.10. The first-order valence-electron chi connectivity index (χ1n) is 7.23. The molecule has 1 fully saturated rings. The van der Waals surface area contributed by atoms with Crippen molar-refractivity contribution in [3.63, 3.8) is 0 Å². The summed E-state index contributed by atoms with van der Waals surface area (Å²) in [7, 11) is 0. The zero-order chi connectivity index (χ0) is 13.5. The van der Waals surface area contributed by atoms with Crippen LogP contribution in [-0.2, 0) is 0 Å². The summed E-state index contributed by atoms with van der Waals surface area (Å²) in [6, 6.07) is 0.767. The first-order chi connectivity index (χ1) is 7.43. The van der Waals surface area contributed by atoms with E-state index in [1.165, 1.54) is 25.7 Å². The summed E-state index contributed by atoms with van der Waals surface area (Å²) in [6.07, 6.45) is 5.48. The standard InChI is InChI=1S/C16H33N/c1-14(2,3)17(15(4,5)6)13-9-11-16(7,8)12-10-13/h13H,9-12H2,1-8H3. The van der Waals surface area contributed by atoms with E-state index < -0.39 is 0 Å². The van der Waals surface area contributed by atoms with E-state index in [0.29, 0.717) is 5.41 Å². The molecular weight excluding hydrogens is 206 g/mol. The van der Waals surface area contributed by atoms with Gasteiger partial charge in [-0.2, -0.15) is 0 Å². The van der Waals surface area contributed by atoms with Gasteiger partial charge in [0.1, 0.15) is 0 Å². The van der Waals surface area contributed by atoms with Crippen LogP contribution in [0.25, 0.3) is 0 Å². The summed E-state index contributed by atoms with van der Waals surface area (Å²) in [5.74, 6) is 0. The number of rotatable bonds is 1. The Kier molecular flexibility index (Phi) is 4.04. The van der Waals surface area contributed by atoms with Crippen LogP contribution in [0, 0.1) is 5.41 Å². The molecule has 1 heteroatoms. The molecule has 1 aliphatic rings. The average molecular weight is 239 g/mol. The van der Waals surface area contributed by atoms with Crippen LogP contribution in [0.3, 0.4) is 0 Å². The van der Waals surface area contributed by atoms with Crippen LogP contribution >= 0.6 is 0 Å². The van der Waals surface area contributed by atoms with Gasteiger partial charge in [-0.1, -0.05) is 13.8 Å². The minimum atomic E-state index is 0.268. The van der Waals surface area contributed by atoms with Gasteiger partial charge in [0.15, 0.2) is 0 Å². The highest BCUT2D eigenvalue weighted by Gasteiger charge is 2.39. The molecule has 0 radical (unpaired) electrons. The van der Waals surface area contributed by atoms with Crippen LogP contribution in [0.1, 0.15) is 81.1 Å². The fourth-order valence-corrected chi connectivity index (χ4v) is 3.74. The van der Waals surface area contributed by atoms with Gasteiger partial charge in [0, 0.05) is 17.1 Å². The van der Waals surface area contributed by atoms with Gasteiger partial charge in [-0.3, -0.25) is 4.90 Å². The van der Waals surface area contributed by atoms with E-state index in [0.717, 1.165) is 6.04 Å². The smallest absolute Gasteiger partial charge is 0.0133 e. The van der Waals surface area contributed by atoms with Crippen LogP contribution in [0.2, 0.25) is 0 Å². The molecule has 0 saturated heterocycles. The Morgan fingerprint density at radius 1 is 0.824 bits per heavy atom. The lowest BCUT2D eigenvalue weighted by Crippen LogP contribution is -2.58. The Hall–Kier alpha value is -0.0400. The maximum Gasteiger partial charge on any atom is 0.0133 e. The third-order valence-electron chi connectivity index (χ3n) is 4.12. The van der Waals surface area contributed by atoms with Gasteiger partial charge in [-0.05, 0) is 72.6 Å². The third-order valence-corrected chi connectivity index (χ3v) is 4.12. The molecule has 0 aromatic carbocycles. The van der Waals surface area contributed by atoms with Crippen LogP contribution in [0.4, 0.5) is 0 Å². The normalized spacial score (nSPS) is 23.1. The van der Waals surface area contributed by atoms with Crippen molar-refractivity contribution in [2.45, 2.75) is 98.2 Å². The number of nitrogens with zero attached hydrogens (tertiary/aromatic N) is 1. The molecule has 0 N–H and O–H groups in total. The van der Waals surface area contributed by atoms with Gasteiger partial charge in [-0.25, -0.2) is 0 Å². The molecule has 102 valence electrons. The zero-order valence-corrected chi connectivity index (χ0v) is 13.4. The van der Waals surface area contributed by atoms with Crippen LogP contribution in [0.15, 0.2) is 0 Å². The van der Waals surface area contributed by atoms with Gasteiger partial charge in [0.2, 0.25) is 0 Å². The Morgan fingerprint density at radius 3 is 1.47 bits per heavy atom. The third kappa shape index (κ3) is 3.98. The van der Waals surface area contributed by atoms with E-state index in [-0.39, 0.29) is 11.1 Å². The predicted molar refractivity (Wildman–Crippen MR) is 77.4 cm³/mol. The zero-order valence-electron chi connectivity index (χ0n) is 13.4. The first kappa shape index (κ1) is 15.0. The van der Waals surface area contributed by atoms with E-state index >= 15 is 0 Å². The lowest BCUT2D eigenvalue weighted by molar-refractivity contribution is -0.0313. The Morgan fingerprint density at radius 2 is 1.18 bits per heavy atom. The molecule has 0 unspecified atom stereocenters. The molecule has 1 rings (SSSR count). The lowest BCUT2D eigenvalue weighted by atomic mass is 9.73. The molecule has 0 spiro atoms. The van der Waals surface area contributed by atoms with Crippen molar-refractivity contribution in [3.05, 3.63) is 0 Å². The van der Waals surface area contributed by atoms with Crippen molar-refractivity contribution in [2.24, 2.45) is 5.41 Å². The molecule has 0 aromatic rings. The van der Waals surface area contributed by atoms with Crippen molar-refractivity contribution in [2.75, 3.05) is 0 Å². The molecule has 1 aliphatic carbocycles. The Balaban J connectivity index is 2.81. The quantitative estimate of drug-likeness (QED) is 0.632. The fraction of sp³-hybridized carbons (Fsp3) is 1.00. The van der Waals surface area contributed by atoms with Crippen molar-refractivity contribution in [3.8, 4) is 0 Å². The molecule has 0 bridgehead atoms. The first-order valence-corrected chi connectivity index (χ1v) is 7.23. The van der Waals surface area contributed by atoms with Gasteiger partial charge < -0.3 is 0 Å². The Bertz CT molecular complexity index is 228. The minimum Gasteiger partial charge on any atom is -0.291 e. The highest BCUT2D eigenvalue weighted by molar-refractivity contribution is 4.94. The minimum absolute atomic E-state index is 0.268. The molecular formula is C16H33N. The monoisotopic (exact) mass is 239 g/mol. The largest absolute Gasteiger partial charge is 0.291 e. The average Bonchev–Trinajstić information content (AvgIpc) is 2.03. The molecule has 0 aliphatic heterocycles.